The molecule has 9 heteroatoms. The second kappa shape index (κ2) is 9.42. The largest absolute Gasteiger partial charge is 0.481 e. The lowest BCUT2D eigenvalue weighted by Crippen LogP contribution is -2.19. The number of hydrogen-bond acceptors (Lipinski definition) is 7. The SMILES string of the molecule is CC(OC(=O)Nc1cnoc1-c1ccc(-c2ccc(C3(C(=O)O)CC3)c3scnc23)cc1)c1ccccc1. The summed E-state index contributed by atoms with van der Waals surface area (Å²) in [5, 5.41) is 16.3. The Balaban J connectivity index is 1.22. The zero-order valence-electron chi connectivity index (χ0n) is 20.4. The number of anilines is 1. The van der Waals surface area contributed by atoms with Crippen LogP contribution in [0.3, 0.4) is 0 Å². The quantitative estimate of drug-likeness (QED) is 0.234. The lowest BCUT2D eigenvalue weighted by Gasteiger charge is -2.14. The fourth-order valence-corrected chi connectivity index (χ4v) is 5.64. The van der Waals surface area contributed by atoms with Crippen LogP contribution in [0.5, 0.6) is 0 Å². The number of hydrogen-bond donors (Lipinski definition) is 2. The second-order valence-corrected chi connectivity index (χ2v) is 10.2. The van der Waals surface area contributed by atoms with Crippen LogP contribution in [-0.4, -0.2) is 27.3 Å². The standard InChI is InChI=1S/C29H23N3O5S/c1-17(18-5-3-2-4-6-18)36-28(35)32-23-15-31-37-25(23)20-9-7-19(8-10-20)21-11-12-22(26-24(21)30-16-38-26)29(13-14-29)27(33)34/h2-12,15-17H,13-14H2,1H3,(H,32,35)(H,33,34). The van der Waals surface area contributed by atoms with Gasteiger partial charge < -0.3 is 14.4 Å². The molecule has 0 aliphatic heterocycles. The molecule has 2 N–H and O–H groups in total. The van der Waals surface area contributed by atoms with Gasteiger partial charge in [0.15, 0.2) is 5.76 Å². The number of aliphatic carboxylic acids is 1. The van der Waals surface area contributed by atoms with Gasteiger partial charge in [-0.25, -0.2) is 9.78 Å². The predicted octanol–water partition coefficient (Wildman–Crippen LogP) is 7.04. The third-order valence-electron chi connectivity index (χ3n) is 6.98. The van der Waals surface area contributed by atoms with Gasteiger partial charge in [0.2, 0.25) is 0 Å². The number of carboxylic acid groups (broad SMARTS) is 1. The number of rotatable bonds is 7. The van der Waals surface area contributed by atoms with Crippen molar-refractivity contribution in [2.75, 3.05) is 5.32 Å². The molecule has 2 heterocycles. The van der Waals surface area contributed by atoms with Crippen LogP contribution in [0.1, 0.15) is 37.0 Å². The highest BCUT2D eigenvalue weighted by molar-refractivity contribution is 7.17. The Morgan fingerprint density at radius 3 is 2.50 bits per heavy atom. The molecule has 3 aromatic carbocycles. The van der Waals surface area contributed by atoms with Gasteiger partial charge in [0.05, 0.1) is 27.3 Å². The number of aromatic nitrogens is 2. The summed E-state index contributed by atoms with van der Waals surface area (Å²) in [6.07, 6.45) is 1.71. The molecule has 1 amide bonds. The number of ether oxygens (including phenoxy) is 1. The molecule has 38 heavy (non-hydrogen) atoms. The molecule has 1 atom stereocenters. The normalized spacial score (nSPS) is 14.7. The maximum Gasteiger partial charge on any atom is 0.412 e. The van der Waals surface area contributed by atoms with Crippen LogP contribution in [0, 0.1) is 0 Å². The first-order chi connectivity index (χ1) is 18.5. The van der Waals surface area contributed by atoms with Gasteiger partial charge in [-0.1, -0.05) is 71.9 Å². The van der Waals surface area contributed by atoms with Crippen molar-refractivity contribution < 1.29 is 24.0 Å². The van der Waals surface area contributed by atoms with Crippen molar-refractivity contribution >= 4 is 39.3 Å². The number of benzene rings is 3. The van der Waals surface area contributed by atoms with Crippen LogP contribution < -0.4 is 5.32 Å². The first-order valence-corrected chi connectivity index (χ1v) is 13.0. The molecule has 1 fully saturated rings. The zero-order chi connectivity index (χ0) is 26.3. The van der Waals surface area contributed by atoms with E-state index in [1.54, 1.807) is 12.4 Å². The molecule has 1 unspecified atom stereocenters. The molecule has 1 aliphatic rings. The number of nitrogens with one attached hydrogen (secondary N) is 1. The van der Waals surface area contributed by atoms with Gasteiger partial charge in [-0.2, -0.15) is 0 Å². The van der Waals surface area contributed by atoms with E-state index in [-0.39, 0.29) is 0 Å². The Morgan fingerprint density at radius 1 is 1.05 bits per heavy atom. The second-order valence-electron chi connectivity index (χ2n) is 9.31. The molecule has 0 spiro atoms. The molecule has 8 nitrogen and oxygen atoms in total. The number of nitrogens with zero attached hydrogens (tertiary/aromatic N) is 2. The van der Waals surface area contributed by atoms with Crippen molar-refractivity contribution in [2.24, 2.45) is 0 Å². The highest BCUT2D eigenvalue weighted by Gasteiger charge is 2.52. The van der Waals surface area contributed by atoms with E-state index in [2.05, 4.69) is 15.5 Å². The van der Waals surface area contributed by atoms with Gasteiger partial charge >= 0.3 is 12.1 Å². The number of thiazole rings is 1. The van der Waals surface area contributed by atoms with E-state index < -0.39 is 23.6 Å². The minimum absolute atomic E-state index is 0.401. The van der Waals surface area contributed by atoms with Crippen LogP contribution in [0.25, 0.3) is 32.7 Å². The summed E-state index contributed by atoms with van der Waals surface area (Å²) in [6.45, 7) is 1.81. The molecule has 0 bridgehead atoms. The minimum Gasteiger partial charge on any atom is -0.481 e. The molecule has 0 saturated heterocycles. The lowest BCUT2D eigenvalue weighted by molar-refractivity contribution is -0.140. The van der Waals surface area contributed by atoms with Gasteiger partial charge in [-0.3, -0.25) is 10.1 Å². The summed E-state index contributed by atoms with van der Waals surface area (Å²) < 4.78 is 11.9. The van der Waals surface area contributed by atoms with Crippen molar-refractivity contribution in [2.45, 2.75) is 31.3 Å². The average molecular weight is 526 g/mol. The number of carboxylic acids is 1. The van der Waals surface area contributed by atoms with E-state index in [9.17, 15) is 14.7 Å². The smallest absolute Gasteiger partial charge is 0.412 e. The van der Waals surface area contributed by atoms with E-state index in [0.717, 1.165) is 38.0 Å². The topological polar surface area (TPSA) is 115 Å². The summed E-state index contributed by atoms with van der Waals surface area (Å²) in [4.78, 5) is 29.0. The third-order valence-corrected chi connectivity index (χ3v) is 7.84. The molecule has 1 saturated carbocycles. The maximum atomic E-state index is 12.5. The fourth-order valence-electron chi connectivity index (χ4n) is 4.71. The van der Waals surface area contributed by atoms with E-state index in [1.165, 1.54) is 17.5 Å². The molecule has 190 valence electrons. The molecule has 5 aromatic rings. The third kappa shape index (κ3) is 4.20. The van der Waals surface area contributed by atoms with Gasteiger partial charge in [0.1, 0.15) is 11.8 Å². The number of amides is 1. The van der Waals surface area contributed by atoms with Crippen LogP contribution in [0.15, 0.2) is 83.0 Å². The summed E-state index contributed by atoms with van der Waals surface area (Å²) >= 11 is 1.47. The lowest BCUT2D eigenvalue weighted by atomic mass is 9.92. The maximum absolute atomic E-state index is 12.5. The van der Waals surface area contributed by atoms with E-state index in [4.69, 9.17) is 9.26 Å². The average Bonchev–Trinajstić information content (AvgIpc) is 3.36. The Kier molecular flexibility index (Phi) is 5.92. The van der Waals surface area contributed by atoms with Crippen LogP contribution >= 0.6 is 11.3 Å². The van der Waals surface area contributed by atoms with E-state index in [1.807, 2.05) is 66.7 Å². The van der Waals surface area contributed by atoms with Gasteiger partial charge in [0.25, 0.3) is 0 Å². The first-order valence-electron chi connectivity index (χ1n) is 12.1. The Labute approximate surface area is 221 Å². The first kappa shape index (κ1) is 23.9. The number of carbonyl (C=O) groups is 2. The Bertz CT molecular complexity index is 1640. The summed E-state index contributed by atoms with van der Waals surface area (Å²) in [5.41, 5.74) is 6.48. The monoisotopic (exact) mass is 525 g/mol. The van der Waals surface area contributed by atoms with Crippen molar-refractivity contribution in [1.29, 1.82) is 0 Å². The van der Waals surface area contributed by atoms with Crippen molar-refractivity contribution in [3.8, 4) is 22.5 Å². The van der Waals surface area contributed by atoms with E-state index in [0.29, 0.717) is 24.3 Å². The van der Waals surface area contributed by atoms with Gasteiger partial charge in [-0.05, 0) is 36.5 Å². The molecule has 1 aliphatic carbocycles. The Hall–Kier alpha value is -4.50. The van der Waals surface area contributed by atoms with Gasteiger partial charge in [-0.15, -0.1) is 11.3 Å². The zero-order valence-corrected chi connectivity index (χ0v) is 21.2. The van der Waals surface area contributed by atoms with Crippen molar-refractivity contribution in [3.63, 3.8) is 0 Å². The van der Waals surface area contributed by atoms with Crippen molar-refractivity contribution in [3.05, 3.63) is 89.6 Å². The molecule has 2 aromatic heterocycles. The summed E-state index contributed by atoms with van der Waals surface area (Å²) in [6, 6.07) is 21.0. The highest BCUT2D eigenvalue weighted by Crippen LogP contribution is 2.52. The summed E-state index contributed by atoms with van der Waals surface area (Å²) in [5.74, 6) is -0.369. The van der Waals surface area contributed by atoms with Crippen molar-refractivity contribution in [1.82, 2.24) is 10.1 Å². The molecular formula is C29H23N3O5S. The molecular weight excluding hydrogens is 502 g/mol. The fraction of sp³-hybridized carbons (Fsp3) is 0.172. The molecule has 0 radical (unpaired) electrons. The van der Waals surface area contributed by atoms with Crippen LogP contribution in [0.4, 0.5) is 10.5 Å². The summed E-state index contributed by atoms with van der Waals surface area (Å²) in [7, 11) is 0. The predicted molar refractivity (Wildman–Crippen MR) is 144 cm³/mol. The van der Waals surface area contributed by atoms with Gasteiger partial charge in [0, 0.05) is 11.1 Å². The van der Waals surface area contributed by atoms with Crippen LogP contribution in [-0.2, 0) is 14.9 Å². The molecule has 6 rings (SSSR count). The number of carbonyl (C=O) groups excluding carboxylic acids is 1. The van der Waals surface area contributed by atoms with Crippen LogP contribution in [0.2, 0.25) is 0 Å². The Morgan fingerprint density at radius 2 is 1.79 bits per heavy atom. The number of fused-ring (bicyclic) bond motifs is 1. The minimum atomic E-state index is -0.789. The highest BCUT2D eigenvalue weighted by atomic mass is 32.1. The van der Waals surface area contributed by atoms with E-state index >= 15 is 0 Å².